The summed E-state index contributed by atoms with van der Waals surface area (Å²) in [6.45, 7) is 4.29. The molecule has 0 amide bonds. The maximum atomic E-state index is 5.68. The molecule has 0 aliphatic carbocycles. The van der Waals surface area contributed by atoms with Gasteiger partial charge in [-0.3, -0.25) is 0 Å². The molecule has 19 heavy (non-hydrogen) atoms. The third-order valence-corrected chi connectivity index (χ3v) is 3.80. The highest BCUT2D eigenvalue weighted by atomic mass is 32.1. The Morgan fingerprint density at radius 2 is 2.26 bits per heavy atom. The smallest absolute Gasteiger partial charge is 0.236 e. The lowest BCUT2D eigenvalue weighted by Crippen LogP contribution is -2.05. The monoisotopic (exact) mass is 275 g/mol. The zero-order valence-corrected chi connectivity index (χ0v) is 11.4. The zero-order chi connectivity index (χ0) is 13.4. The molecule has 0 saturated carbocycles. The predicted octanol–water partition coefficient (Wildman–Crippen LogP) is 2.24. The lowest BCUT2D eigenvalue weighted by Gasteiger charge is -1.99. The molecule has 3 heterocycles. The van der Waals surface area contributed by atoms with Crippen molar-refractivity contribution in [2.45, 2.75) is 20.4 Å². The van der Waals surface area contributed by atoms with Crippen LogP contribution in [-0.4, -0.2) is 20.0 Å². The first-order valence-electron chi connectivity index (χ1n) is 5.81. The Hall–Kier alpha value is -2.15. The minimum atomic E-state index is 0.444. The Labute approximate surface area is 113 Å². The Bertz CT molecular complexity index is 698. The molecule has 0 radical (unpaired) electrons. The minimum Gasteiger partial charge on any atom is -0.440 e. The van der Waals surface area contributed by atoms with Gasteiger partial charge >= 0.3 is 0 Å². The molecule has 0 bridgehead atoms. The van der Waals surface area contributed by atoms with Crippen molar-refractivity contribution >= 4 is 17.2 Å². The zero-order valence-electron chi connectivity index (χ0n) is 10.6. The van der Waals surface area contributed by atoms with Gasteiger partial charge in [-0.15, -0.1) is 16.4 Å². The number of hydrogen-bond donors (Lipinski definition) is 1. The largest absolute Gasteiger partial charge is 0.440 e. The topological polar surface area (TPSA) is 82.8 Å². The molecule has 0 aliphatic rings. The summed E-state index contributed by atoms with van der Waals surface area (Å²) in [7, 11) is 0. The summed E-state index contributed by atoms with van der Waals surface area (Å²) < 4.78 is 7.41. The van der Waals surface area contributed by atoms with Gasteiger partial charge < -0.3 is 10.2 Å². The van der Waals surface area contributed by atoms with Gasteiger partial charge in [-0.1, -0.05) is 11.3 Å². The summed E-state index contributed by atoms with van der Waals surface area (Å²) in [5.74, 6) is 1.88. The molecule has 0 atom stereocenters. The molecule has 0 spiro atoms. The van der Waals surface area contributed by atoms with Crippen molar-refractivity contribution < 1.29 is 4.42 Å². The summed E-state index contributed by atoms with van der Waals surface area (Å²) in [4.78, 5) is 5.53. The standard InChI is InChI=1S/C12H13N5OS/c1-7-11(13)15-16-17(7)6-9-8(2)18-12(14-9)10-4-3-5-19-10/h3-5H,6,13H2,1-2H3. The van der Waals surface area contributed by atoms with Gasteiger partial charge in [0, 0.05) is 0 Å². The normalized spacial score (nSPS) is 11.1. The van der Waals surface area contributed by atoms with Crippen LogP contribution < -0.4 is 5.73 Å². The van der Waals surface area contributed by atoms with Gasteiger partial charge in [-0.2, -0.15) is 0 Å². The van der Waals surface area contributed by atoms with Crippen LogP contribution in [0, 0.1) is 13.8 Å². The lowest BCUT2D eigenvalue weighted by molar-refractivity contribution is 0.535. The Morgan fingerprint density at radius 3 is 2.89 bits per heavy atom. The van der Waals surface area contributed by atoms with Crippen LogP contribution in [0.1, 0.15) is 17.1 Å². The first-order valence-corrected chi connectivity index (χ1v) is 6.69. The number of nitrogens with zero attached hydrogens (tertiary/aromatic N) is 4. The Balaban J connectivity index is 1.92. The molecule has 0 aromatic carbocycles. The number of aromatic nitrogens is 4. The summed E-state index contributed by atoms with van der Waals surface area (Å²) in [5.41, 5.74) is 7.36. The molecule has 6 nitrogen and oxygen atoms in total. The van der Waals surface area contributed by atoms with E-state index in [2.05, 4.69) is 15.3 Å². The van der Waals surface area contributed by atoms with E-state index in [4.69, 9.17) is 10.2 Å². The number of anilines is 1. The van der Waals surface area contributed by atoms with Crippen molar-refractivity contribution in [3.05, 3.63) is 34.7 Å². The highest BCUT2D eigenvalue weighted by Crippen LogP contribution is 2.26. The van der Waals surface area contributed by atoms with Crippen LogP contribution in [0.4, 0.5) is 5.82 Å². The summed E-state index contributed by atoms with van der Waals surface area (Å²) in [5, 5.41) is 9.82. The maximum absolute atomic E-state index is 5.68. The van der Waals surface area contributed by atoms with Crippen molar-refractivity contribution in [2.75, 3.05) is 5.73 Å². The maximum Gasteiger partial charge on any atom is 0.236 e. The van der Waals surface area contributed by atoms with Crippen LogP contribution in [-0.2, 0) is 6.54 Å². The third kappa shape index (κ3) is 2.12. The molecule has 0 unspecified atom stereocenters. The summed E-state index contributed by atoms with van der Waals surface area (Å²) in [6.07, 6.45) is 0. The number of nitrogens with two attached hydrogens (primary N) is 1. The first kappa shape index (κ1) is 11.9. The number of thiophene rings is 1. The van der Waals surface area contributed by atoms with E-state index in [-0.39, 0.29) is 0 Å². The van der Waals surface area contributed by atoms with Crippen LogP contribution >= 0.6 is 11.3 Å². The molecular formula is C12H13N5OS. The van der Waals surface area contributed by atoms with E-state index in [1.54, 1.807) is 16.0 Å². The molecule has 0 fully saturated rings. The van der Waals surface area contributed by atoms with Gasteiger partial charge in [0.1, 0.15) is 11.5 Å². The number of nitrogen functional groups attached to an aromatic ring is 1. The fourth-order valence-electron chi connectivity index (χ4n) is 1.75. The van der Waals surface area contributed by atoms with Crippen LogP contribution in [0.25, 0.3) is 10.8 Å². The second kappa shape index (κ2) is 4.51. The van der Waals surface area contributed by atoms with E-state index < -0.39 is 0 Å². The fourth-order valence-corrected chi connectivity index (χ4v) is 2.40. The van der Waals surface area contributed by atoms with Crippen molar-refractivity contribution in [2.24, 2.45) is 0 Å². The quantitative estimate of drug-likeness (QED) is 0.792. The molecule has 3 rings (SSSR count). The SMILES string of the molecule is Cc1oc(-c2cccs2)nc1Cn1nnc(N)c1C. The van der Waals surface area contributed by atoms with Crippen LogP contribution in [0.15, 0.2) is 21.9 Å². The third-order valence-electron chi connectivity index (χ3n) is 2.94. The fraction of sp³-hybridized carbons (Fsp3) is 0.250. The number of hydrogen-bond acceptors (Lipinski definition) is 6. The highest BCUT2D eigenvalue weighted by molar-refractivity contribution is 7.13. The van der Waals surface area contributed by atoms with E-state index in [9.17, 15) is 0 Å². The predicted molar refractivity (Wildman–Crippen MR) is 72.8 cm³/mol. The van der Waals surface area contributed by atoms with Gasteiger partial charge in [-0.05, 0) is 25.3 Å². The Kier molecular flexibility index (Phi) is 2.83. The van der Waals surface area contributed by atoms with Crippen LogP contribution in [0.2, 0.25) is 0 Å². The molecule has 7 heteroatoms. The second-order valence-electron chi connectivity index (χ2n) is 4.22. The second-order valence-corrected chi connectivity index (χ2v) is 5.16. The number of aryl methyl sites for hydroxylation is 1. The molecule has 0 aliphatic heterocycles. The number of oxazole rings is 1. The highest BCUT2D eigenvalue weighted by Gasteiger charge is 2.14. The Morgan fingerprint density at radius 1 is 1.42 bits per heavy atom. The number of rotatable bonds is 3. The van der Waals surface area contributed by atoms with Crippen LogP contribution in [0.3, 0.4) is 0 Å². The molecule has 3 aromatic heterocycles. The van der Waals surface area contributed by atoms with Crippen molar-refractivity contribution in [1.82, 2.24) is 20.0 Å². The summed E-state index contributed by atoms with van der Waals surface area (Å²) >= 11 is 1.60. The van der Waals surface area contributed by atoms with E-state index in [1.807, 2.05) is 31.4 Å². The molecule has 98 valence electrons. The van der Waals surface area contributed by atoms with Gasteiger partial charge in [0.2, 0.25) is 5.89 Å². The van der Waals surface area contributed by atoms with Crippen LogP contribution in [0.5, 0.6) is 0 Å². The van der Waals surface area contributed by atoms with Gasteiger partial charge in [0.05, 0.1) is 17.1 Å². The molecular weight excluding hydrogens is 262 g/mol. The molecule has 0 saturated heterocycles. The van der Waals surface area contributed by atoms with Crippen molar-refractivity contribution in [3.63, 3.8) is 0 Å². The van der Waals surface area contributed by atoms with Gasteiger partial charge in [0.15, 0.2) is 5.82 Å². The van der Waals surface area contributed by atoms with Gasteiger partial charge in [0.25, 0.3) is 0 Å². The van der Waals surface area contributed by atoms with E-state index in [0.717, 1.165) is 22.0 Å². The van der Waals surface area contributed by atoms with Crippen molar-refractivity contribution in [3.8, 4) is 10.8 Å². The van der Waals surface area contributed by atoms with Crippen molar-refractivity contribution in [1.29, 1.82) is 0 Å². The van der Waals surface area contributed by atoms with E-state index >= 15 is 0 Å². The average Bonchev–Trinajstić information content (AvgIpc) is 3.08. The molecule has 2 N–H and O–H groups in total. The van der Waals surface area contributed by atoms with E-state index in [0.29, 0.717) is 18.3 Å². The van der Waals surface area contributed by atoms with E-state index in [1.165, 1.54) is 0 Å². The first-order chi connectivity index (χ1) is 9.15. The minimum absolute atomic E-state index is 0.444. The summed E-state index contributed by atoms with van der Waals surface area (Å²) in [6, 6.07) is 3.96. The lowest BCUT2D eigenvalue weighted by atomic mass is 10.3. The van der Waals surface area contributed by atoms with Gasteiger partial charge in [-0.25, -0.2) is 9.67 Å². The average molecular weight is 275 g/mol. The molecule has 3 aromatic rings.